The number of ether oxygens (including phenoxy) is 3. The summed E-state index contributed by atoms with van der Waals surface area (Å²) in [6.45, 7) is 3.58. The average molecular weight is 388 g/mol. The maximum Gasteiger partial charge on any atom is 0.319 e. The molecule has 1 fully saturated rings. The summed E-state index contributed by atoms with van der Waals surface area (Å²) >= 11 is 0. The number of aromatic nitrogens is 1. The van der Waals surface area contributed by atoms with Crippen LogP contribution in [-0.4, -0.2) is 62.6 Å². The Morgan fingerprint density at radius 3 is 2.43 bits per heavy atom. The largest absolute Gasteiger partial charge is 0.497 e. The van der Waals surface area contributed by atoms with E-state index in [0.29, 0.717) is 36.9 Å². The number of hydrogen-bond donors (Lipinski definition) is 2. The molecule has 1 aromatic heterocycles. The minimum Gasteiger partial charge on any atom is -0.497 e. The number of methoxy groups -OCH3 is 2. The van der Waals surface area contributed by atoms with Crippen LogP contribution < -0.4 is 20.1 Å². The standard InChI is InChI=1S/C20H28N4O4/c1-23-6-4-5-18(23)19(24-7-9-28-10-8-24)14-21-20(25)22-15-11-16(26-2)13-17(12-15)27-3/h4-6,11-13,19H,7-10,14H2,1-3H3,(H2,21,22,25)/t19-/m1/s1. The second kappa shape index (κ2) is 9.48. The van der Waals surface area contributed by atoms with E-state index in [2.05, 4.69) is 26.2 Å². The average Bonchev–Trinajstić information content (AvgIpc) is 3.14. The van der Waals surface area contributed by atoms with Crippen molar-refractivity contribution in [2.45, 2.75) is 6.04 Å². The van der Waals surface area contributed by atoms with Crippen LogP contribution in [0.1, 0.15) is 11.7 Å². The zero-order chi connectivity index (χ0) is 19.9. The molecule has 2 heterocycles. The van der Waals surface area contributed by atoms with Crippen LogP contribution in [0, 0.1) is 0 Å². The normalized spacial score (nSPS) is 15.7. The van der Waals surface area contributed by atoms with Gasteiger partial charge in [-0.05, 0) is 12.1 Å². The molecule has 2 aromatic rings. The molecule has 8 nitrogen and oxygen atoms in total. The van der Waals surface area contributed by atoms with Crippen LogP contribution in [0.3, 0.4) is 0 Å². The summed E-state index contributed by atoms with van der Waals surface area (Å²) in [5.41, 5.74) is 1.76. The number of morpholine rings is 1. The number of anilines is 1. The molecule has 1 atom stereocenters. The Hall–Kier alpha value is -2.71. The van der Waals surface area contributed by atoms with Gasteiger partial charge < -0.3 is 29.4 Å². The highest BCUT2D eigenvalue weighted by Crippen LogP contribution is 2.26. The molecule has 0 spiro atoms. The van der Waals surface area contributed by atoms with E-state index < -0.39 is 0 Å². The fourth-order valence-electron chi connectivity index (χ4n) is 3.37. The Balaban J connectivity index is 1.66. The van der Waals surface area contributed by atoms with E-state index in [4.69, 9.17) is 14.2 Å². The highest BCUT2D eigenvalue weighted by atomic mass is 16.5. The topological polar surface area (TPSA) is 77.0 Å². The molecule has 2 N–H and O–H groups in total. The molecule has 0 aliphatic carbocycles. The predicted octanol–water partition coefficient (Wildman–Crippen LogP) is 2.24. The van der Waals surface area contributed by atoms with Gasteiger partial charge in [-0.3, -0.25) is 4.90 Å². The maximum absolute atomic E-state index is 12.5. The zero-order valence-electron chi connectivity index (χ0n) is 16.6. The highest BCUT2D eigenvalue weighted by molar-refractivity contribution is 5.89. The number of aryl methyl sites for hydroxylation is 1. The van der Waals surface area contributed by atoms with Gasteiger partial charge >= 0.3 is 6.03 Å². The fraction of sp³-hybridized carbons (Fsp3) is 0.450. The smallest absolute Gasteiger partial charge is 0.319 e. The number of hydrogen-bond acceptors (Lipinski definition) is 5. The monoisotopic (exact) mass is 388 g/mol. The molecular formula is C20H28N4O4. The lowest BCUT2D eigenvalue weighted by Crippen LogP contribution is -2.45. The Kier molecular flexibility index (Phi) is 6.78. The zero-order valence-corrected chi connectivity index (χ0v) is 16.6. The molecule has 1 aliphatic rings. The minimum atomic E-state index is -0.275. The third-order valence-electron chi connectivity index (χ3n) is 4.88. The van der Waals surface area contributed by atoms with Gasteiger partial charge in [-0.25, -0.2) is 4.79 Å². The number of carbonyl (C=O) groups is 1. The van der Waals surface area contributed by atoms with Crippen molar-refractivity contribution in [2.24, 2.45) is 7.05 Å². The Labute approximate surface area is 165 Å². The van der Waals surface area contributed by atoms with Crippen LogP contribution in [0.15, 0.2) is 36.5 Å². The van der Waals surface area contributed by atoms with E-state index in [9.17, 15) is 4.79 Å². The molecule has 2 amide bonds. The summed E-state index contributed by atoms with van der Waals surface area (Å²) in [6, 6.07) is 9.17. The molecule has 0 saturated carbocycles. The Bertz CT molecular complexity index is 764. The second-order valence-electron chi connectivity index (χ2n) is 6.64. The number of urea groups is 1. The van der Waals surface area contributed by atoms with Crippen molar-refractivity contribution in [2.75, 3.05) is 52.4 Å². The van der Waals surface area contributed by atoms with E-state index in [1.807, 2.05) is 19.3 Å². The van der Waals surface area contributed by atoms with E-state index in [-0.39, 0.29) is 12.1 Å². The first kappa shape index (κ1) is 20.0. The van der Waals surface area contributed by atoms with Gasteiger partial charge in [0.15, 0.2) is 0 Å². The molecule has 28 heavy (non-hydrogen) atoms. The number of amides is 2. The number of nitrogens with one attached hydrogen (secondary N) is 2. The lowest BCUT2D eigenvalue weighted by molar-refractivity contribution is 0.0154. The van der Waals surface area contributed by atoms with Gasteiger partial charge in [-0.1, -0.05) is 0 Å². The maximum atomic E-state index is 12.5. The number of carbonyl (C=O) groups excluding carboxylic acids is 1. The van der Waals surface area contributed by atoms with E-state index in [1.54, 1.807) is 32.4 Å². The molecule has 0 radical (unpaired) electrons. The van der Waals surface area contributed by atoms with Gasteiger partial charge in [0.2, 0.25) is 0 Å². The number of rotatable bonds is 7. The van der Waals surface area contributed by atoms with Gasteiger partial charge in [0.1, 0.15) is 11.5 Å². The summed E-state index contributed by atoms with van der Waals surface area (Å²) in [6.07, 6.45) is 2.02. The first-order valence-corrected chi connectivity index (χ1v) is 9.31. The summed E-state index contributed by atoms with van der Waals surface area (Å²) in [7, 11) is 5.17. The Morgan fingerprint density at radius 2 is 1.86 bits per heavy atom. The molecule has 1 saturated heterocycles. The highest BCUT2D eigenvalue weighted by Gasteiger charge is 2.24. The molecule has 1 aliphatic heterocycles. The molecule has 1 aromatic carbocycles. The molecular weight excluding hydrogens is 360 g/mol. The van der Waals surface area contributed by atoms with Gasteiger partial charge in [-0.15, -0.1) is 0 Å². The molecule has 152 valence electrons. The minimum absolute atomic E-state index is 0.0782. The molecule has 0 bridgehead atoms. The van der Waals surface area contributed by atoms with Crippen LogP contribution in [0.2, 0.25) is 0 Å². The van der Waals surface area contributed by atoms with Gasteiger partial charge in [0.25, 0.3) is 0 Å². The van der Waals surface area contributed by atoms with E-state index in [0.717, 1.165) is 18.8 Å². The van der Waals surface area contributed by atoms with E-state index >= 15 is 0 Å². The summed E-state index contributed by atoms with van der Waals surface area (Å²) < 4.78 is 18.1. The third kappa shape index (κ3) is 4.96. The van der Waals surface area contributed by atoms with Crippen LogP contribution in [0.4, 0.5) is 10.5 Å². The van der Waals surface area contributed by atoms with Crippen molar-refractivity contribution in [1.82, 2.24) is 14.8 Å². The van der Waals surface area contributed by atoms with E-state index in [1.165, 1.54) is 0 Å². The van der Waals surface area contributed by atoms with Crippen LogP contribution >= 0.6 is 0 Å². The third-order valence-corrected chi connectivity index (χ3v) is 4.88. The predicted molar refractivity (Wildman–Crippen MR) is 107 cm³/mol. The molecule has 8 heteroatoms. The number of benzene rings is 1. The quantitative estimate of drug-likeness (QED) is 0.761. The summed E-state index contributed by atoms with van der Waals surface area (Å²) in [5.74, 6) is 1.23. The second-order valence-corrected chi connectivity index (χ2v) is 6.64. The molecule has 3 rings (SSSR count). The van der Waals surface area contributed by atoms with Crippen molar-refractivity contribution < 1.29 is 19.0 Å². The van der Waals surface area contributed by atoms with Crippen molar-refractivity contribution in [1.29, 1.82) is 0 Å². The lowest BCUT2D eigenvalue weighted by Gasteiger charge is -2.34. The SMILES string of the molecule is COc1cc(NC(=O)NC[C@H](c2cccn2C)N2CCOCC2)cc(OC)c1. The first-order valence-electron chi connectivity index (χ1n) is 9.31. The summed E-state index contributed by atoms with van der Waals surface area (Å²) in [5, 5.41) is 5.84. The van der Waals surface area contributed by atoms with Crippen molar-refractivity contribution in [3.05, 3.63) is 42.2 Å². The lowest BCUT2D eigenvalue weighted by atomic mass is 10.1. The van der Waals surface area contributed by atoms with Gasteiger partial charge in [-0.2, -0.15) is 0 Å². The van der Waals surface area contributed by atoms with Crippen LogP contribution in [0.5, 0.6) is 11.5 Å². The van der Waals surface area contributed by atoms with Crippen LogP contribution in [0.25, 0.3) is 0 Å². The number of nitrogens with zero attached hydrogens (tertiary/aromatic N) is 2. The van der Waals surface area contributed by atoms with Gasteiger partial charge in [0.05, 0.1) is 33.5 Å². The van der Waals surface area contributed by atoms with Crippen molar-refractivity contribution >= 4 is 11.7 Å². The molecule has 0 unspecified atom stereocenters. The Morgan fingerprint density at radius 1 is 1.18 bits per heavy atom. The van der Waals surface area contributed by atoms with Crippen LogP contribution in [-0.2, 0) is 11.8 Å². The fourth-order valence-corrected chi connectivity index (χ4v) is 3.37. The van der Waals surface area contributed by atoms with Crippen molar-refractivity contribution in [3.63, 3.8) is 0 Å². The first-order chi connectivity index (χ1) is 13.6. The van der Waals surface area contributed by atoms with Gasteiger partial charge in [0, 0.05) is 62.5 Å². The summed E-state index contributed by atoms with van der Waals surface area (Å²) in [4.78, 5) is 14.8. The van der Waals surface area contributed by atoms with Crippen molar-refractivity contribution in [3.8, 4) is 11.5 Å².